The number of ether oxygens (including phenoxy) is 1. The molecule has 0 spiro atoms. The average Bonchev–Trinajstić information content (AvgIpc) is 2.73. The van der Waals surface area contributed by atoms with Crippen molar-refractivity contribution in [1.29, 1.82) is 0 Å². The number of unbranched alkanes of at least 4 members (excludes halogenated alkanes) is 1. The molecular formula is C23H27N3O4. The van der Waals surface area contributed by atoms with Crippen LogP contribution in [0, 0.1) is 0 Å². The van der Waals surface area contributed by atoms with Gasteiger partial charge in [-0.15, -0.1) is 0 Å². The maximum Gasteiger partial charge on any atom is 0.329 e. The van der Waals surface area contributed by atoms with E-state index in [0.29, 0.717) is 36.5 Å². The number of H-pyrrole nitrogens is 1. The van der Waals surface area contributed by atoms with Crippen LogP contribution in [0.3, 0.4) is 0 Å². The minimum Gasteiger partial charge on any atom is -0.494 e. The third-order valence-electron chi connectivity index (χ3n) is 5.80. The number of carbonyl (C=O) groups is 1. The number of fused-ring (bicyclic) bond motifs is 1. The molecular weight excluding hydrogens is 382 g/mol. The third-order valence-corrected chi connectivity index (χ3v) is 5.80. The number of nitrogens with one attached hydrogen (secondary N) is 2. The predicted molar refractivity (Wildman–Crippen MR) is 115 cm³/mol. The van der Waals surface area contributed by atoms with Gasteiger partial charge in [-0.05, 0) is 43.9 Å². The van der Waals surface area contributed by atoms with E-state index in [1.54, 1.807) is 4.57 Å². The maximum absolute atomic E-state index is 13.0. The largest absolute Gasteiger partial charge is 0.494 e. The number of nitrogens with zero attached hydrogens (tertiary/aromatic N) is 1. The molecule has 4 rings (SSSR count). The number of carbonyl (C=O) groups excluding carboxylic acids is 1. The molecule has 0 bridgehead atoms. The van der Waals surface area contributed by atoms with Gasteiger partial charge in [0.25, 0.3) is 5.56 Å². The number of benzene rings is 1. The second kappa shape index (κ2) is 8.34. The lowest BCUT2D eigenvalue weighted by molar-refractivity contribution is -0.116. The molecule has 0 fully saturated rings. The van der Waals surface area contributed by atoms with Gasteiger partial charge in [0.1, 0.15) is 11.6 Å². The van der Waals surface area contributed by atoms with E-state index in [0.717, 1.165) is 42.7 Å². The van der Waals surface area contributed by atoms with Crippen LogP contribution >= 0.6 is 0 Å². The van der Waals surface area contributed by atoms with Gasteiger partial charge >= 0.3 is 5.69 Å². The molecule has 2 N–H and O–H groups in total. The van der Waals surface area contributed by atoms with Gasteiger partial charge in [-0.25, -0.2) is 4.79 Å². The molecule has 1 atom stereocenters. The van der Waals surface area contributed by atoms with E-state index in [4.69, 9.17) is 4.74 Å². The highest BCUT2D eigenvalue weighted by Crippen LogP contribution is 2.43. The number of aromatic nitrogens is 2. The van der Waals surface area contributed by atoms with Gasteiger partial charge in [-0.1, -0.05) is 25.5 Å². The second-order valence-corrected chi connectivity index (χ2v) is 7.76. The molecule has 1 aliphatic heterocycles. The highest BCUT2D eigenvalue weighted by Gasteiger charge is 2.38. The third kappa shape index (κ3) is 3.49. The van der Waals surface area contributed by atoms with Crippen LogP contribution in [0.5, 0.6) is 5.75 Å². The van der Waals surface area contributed by atoms with Crippen LogP contribution in [0.1, 0.15) is 63.0 Å². The molecule has 0 saturated heterocycles. The first kappa shape index (κ1) is 20.2. The number of anilines is 1. The molecule has 7 heteroatoms. The summed E-state index contributed by atoms with van der Waals surface area (Å²) >= 11 is 0. The number of aromatic amines is 1. The first-order valence-corrected chi connectivity index (χ1v) is 10.7. The molecule has 2 heterocycles. The molecule has 0 unspecified atom stereocenters. The summed E-state index contributed by atoms with van der Waals surface area (Å²) in [4.78, 5) is 40.9. The van der Waals surface area contributed by atoms with Gasteiger partial charge in [0.2, 0.25) is 0 Å². The molecule has 7 nitrogen and oxygen atoms in total. The summed E-state index contributed by atoms with van der Waals surface area (Å²) in [5.41, 5.74) is 1.88. The lowest BCUT2D eigenvalue weighted by atomic mass is 9.76. The highest BCUT2D eigenvalue weighted by atomic mass is 16.5. The summed E-state index contributed by atoms with van der Waals surface area (Å²) in [5.74, 6) is 0.807. The molecule has 1 aromatic carbocycles. The number of allylic oxidation sites excluding steroid dienone is 2. The molecule has 0 saturated carbocycles. The fourth-order valence-corrected chi connectivity index (χ4v) is 4.39. The van der Waals surface area contributed by atoms with E-state index in [9.17, 15) is 14.4 Å². The van der Waals surface area contributed by atoms with Gasteiger partial charge in [0.15, 0.2) is 5.78 Å². The van der Waals surface area contributed by atoms with E-state index < -0.39 is 17.2 Å². The van der Waals surface area contributed by atoms with Crippen LogP contribution < -0.4 is 21.3 Å². The van der Waals surface area contributed by atoms with Gasteiger partial charge in [0.05, 0.1) is 12.2 Å². The quantitative estimate of drug-likeness (QED) is 0.764. The monoisotopic (exact) mass is 409 g/mol. The van der Waals surface area contributed by atoms with Crippen LogP contribution in [0.15, 0.2) is 45.1 Å². The Labute approximate surface area is 174 Å². The topological polar surface area (TPSA) is 93.2 Å². The second-order valence-electron chi connectivity index (χ2n) is 7.76. The number of hydrogen-bond donors (Lipinski definition) is 2. The van der Waals surface area contributed by atoms with Crippen LogP contribution in [-0.2, 0) is 11.3 Å². The molecule has 1 aliphatic carbocycles. The number of rotatable bonds is 6. The predicted octanol–water partition coefficient (Wildman–Crippen LogP) is 3.30. The van der Waals surface area contributed by atoms with Gasteiger partial charge in [-0.3, -0.25) is 19.1 Å². The van der Waals surface area contributed by atoms with Crippen molar-refractivity contribution in [3.8, 4) is 5.75 Å². The molecule has 2 aliphatic rings. The Hall–Kier alpha value is -3.09. The van der Waals surface area contributed by atoms with Gasteiger partial charge in [0, 0.05) is 30.2 Å². The standard InChI is InChI=1S/C23H27N3O4/c1-3-5-13-26-21-20(22(28)25-23(26)29)18(14-9-11-15(12-10-14)30-4-2)19-16(24-21)7-6-8-17(19)27/h9-12,18,24H,3-8,13H2,1-2H3,(H,25,28,29)/t18-/m1/s1. The van der Waals surface area contributed by atoms with Crippen molar-refractivity contribution in [2.24, 2.45) is 0 Å². The normalized spacial score (nSPS) is 17.9. The van der Waals surface area contributed by atoms with Crippen molar-refractivity contribution >= 4 is 11.6 Å². The number of Topliss-reactive ketones (excluding diaryl/α,β-unsaturated/α-hetero) is 1. The van der Waals surface area contributed by atoms with Crippen LogP contribution in [0.25, 0.3) is 0 Å². The Kier molecular flexibility index (Phi) is 5.61. The number of ketones is 1. The van der Waals surface area contributed by atoms with Crippen molar-refractivity contribution in [2.45, 2.75) is 58.4 Å². The summed E-state index contributed by atoms with van der Waals surface area (Å²) in [6.07, 6.45) is 3.70. The van der Waals surface area contributed by atoms with Crippen molar-refractivity contribution in [2.75, 3.05) is 11.9 Å². The van der Waals surface area contributed by atoms with E-state index in [2.05, 4.69) is 17.2 Å². The summed E-state index contributed by atoms with van der Waals surface area (Å²) < 4.78 is 7.15. The Morgan fingerprint density at radius 2 is 1.87 bits per heavy atom. The fourth-order valence-electron chi connectivity index (χ4n) is 4.39. The first-order chi connectivity index (χ1) is 14.5. The SMILES string of the molecule is CCCCn1c2c(c(=O)[nH]c1=O)[C@H](c1ccc(OCC)cc1)C1=C(CCCC1=O)N2. The minimum absolute atomic E-state index is 0.0546. The van der Waals surface area contributed by atoms with Crippen molar-refractivity contribution in [3.05, 3.63) is 67.5 Å². The van der Waals surface area contributed by atoms with Crippen molar-refractivity contribution < 1.29 is 9.53 Å². The van der Waals surface area contributed by atoms with Crippen LogP contribution in [-0.4, -0.2) is 21.9 Å². The van der Waals surface area contributed by atoms with Crippen LogP contribution in [0.2, 0.25) is 0 Å². The van der Waals surface area contributed by atoms with E-state index >= 15 is 0 Å². The first-order valence-electron chi connectivity index (χ1n) is 10.7. The zero-order valence-electron chi connectivity index (χ0n) is 17.4. The Bertz CT molecular complexity index is 1110. The Morgan fingerprint density at radius 3 is 2.57 bits per heavy atom. The van der Waals surface area contributed by atoms with Crippen molar-refractivity contribution in [3.63, 3.8) is 0 Å². The summed E-state index contributed by atoms with van der Waals surface area (Å²) in [6.45, 7) is 5.05. The van der Waals surface area contributed by atoms with E-state index in [1.165, 1.54) is 0 Å². The number of hydrogen-bond acceptors (Lipinski definition) is 5. The molecule has 158 valence electrons. The molecule has 1 aromatic heterocycles. The lowest BCUT2D eigenvalue weighted by Crippen LogP contribution is -2.40. The molecule has 30 heavy (non-hydrogen) atoms. The summed E-state index contributed by atoms with van der Waals surface area (Å²) in [7, 11) is 0. The van der Waals surface area contributed by atoms with E-state index in [1.807, 2.05) is 31.2 Å². The van der Waals surface area contributed by atoms with E-state index in [-0.39, 0.29) is 5.78 Å². The average molecular weight is 409 g/mol. The highest BCUT2D eigenvalue weighted by molar-refractivity contribution is 6.00. The lowest BCUT2D eigenvalue weighted by Gasteiger charge is -2.34. The Balaban J connectivity index is 1.93. The molecule has 0 radical (unpaired) electrons. The minimum atomic E-state index is -0.503. The summed E-state index contributed by atoms with van der Waals surface area (Å²) in [5, 5.41) is 3.30. The zero-order valence-corrected chi connectivity index (χ0v) is 17.4. The molecule has 0 amide bonds. The fraction of sp³-hybridized carbons (Fsp3) is 0.435. The van der Waals surface area contributed by atoms with Crippen LogP contribution in [0.4, 0.5) is 5.82 Å². The van der Waals surface area contributed by atoms with Gasteiger partial charge < -0.3 is 10.1 Å². The van der Waals surface area contributed by atoms with Gasteiger partial charge in [-0.2, -0.15) is 0 Å². The maximum atomic E-state index is 13.0. The zero-order chi connectivity index (χ0) is 21.3. The smallest absolute Gasteiger partial charge is 0.329 e. The molecule has 2 aromatic rings. The Morgan fingerprint density at radius 1 is 1.10 bits per heavy atom. The van der Waals surface area contributed by atoms with Crippen molar-refractivity contribution in [1.82, 2.24) is 9.55 Å². The summed E-state index contributed by atoms with van der Waals surface area (Å²) in [6, 6.07) is 7.52.